The summed E-state index contributed by atoms with van der Waals surface area (Å²) in [5.41, 5.74) is 1.80. The van der Waals surface area contributed by atoms with Gasteiger partial charge in [-0.25, -0.2) is 4.98 Å². The standard InChI is InChI=1S/C20H20ClN7O2/c1-11-7-17(25-27(11)4)28-6-5-15-18(20(28)30)14(10-26(15)3)24-13-8-16(21)23-9-12(13)19(29)22-2/h5-10H,1-4H3,(H,22,29)(H,23,24)/i2D3. The SMILES string of the molecule is [2H]C([2H])([2H])NC(=O)c1cnc(Cl)cc1Nc1cn(C)c2ccn(-c3cc(C)n(C)n3)c(=O)c12. The smallest absolute Gasteiger partial charge is 0.267 e. The molecule has 0 saturated carbocycles. The first-order valence-electron chi connectivity index (χ1n) is 10.4. The third-order valence-electron chi connectivity index (χ3n) is 4.89. The zero-order valence-electron chi connectivity index (χ0n) is 19.4. The lowest BCUT2D eigenvalue weighted by Crippen LogP contribution is -2.20. The fraction of sp³-hybridized carbons (Fsp3) is 0.200. The highest BCUT2D eigenvalue weighted by Crippen LogP contribution is 2.29. The Morgan fingerprint density at radius 2 is 2.07 bits per heavy atom. The largest absolute Gasteiger partial charge is 0.355 e. The molecule has 0 unspecified atom stereocenters. The third kappa shape index (κ3) is 3.22. The second-order valence-electron chi connectivity index (χ2n) is 6.80. The number of hydrogen-bond acceptors (Lipinski definition) is 5. The number of carbonyl (C=O) groups is 1. The van der Waals surface area contributed by atoms with Gasteiger partial charge in [0, 0.05) is 55.5 Å². The molecule has 0 bridgehead atoms. The minimum atomic E-state index is -2.68. The summed E-state index contributed by atoms with van der Waals surface area (Å²) in [6, 6.07) is 4.97. The van der Waals surface area contributed by atoms with Gasteiger partial charge in [0.1, 0.15) is 5.15 Å². The lowest BCUT2D eigenvalue weighted by Gasteiger charge is -2.11. The first-order valence-corrected chi connectivity index (χ1v) is 9.29. The van der Waals surface area contributed by atoms with Crippen LogP contribution in [0.2, 0.25) is 5.15 Å². The maximum Gasteiger partial charge on any atom is 0.267 e. The second-order valence-corrected chi connectivity index (χ2v) is 7.19. The predicted molar refractivity (Wildman–Crippen MR) is 116 cm³/mol. The van der Waals surface area contributed by atoms with Gasteiger partial charge in [-0.2, -0.15) is 5.10 Å². The zero-order chi connectivity index (χ0) is 24.1. The van der Waals surface area contributed by atoms with Crippen LogP contribution in [0.15, 0.2) is 41.6 Å². The first kappa shape index (κ1) is 16.2. The molecule has 0 atom stereocenters. The quantitative estimate of drug-likeness (QED) is 0.486. The van der Waals surface area contributed by atoms with Crippen molar-refractivity contribution in [3.8, 4) is 5.82 Å². The number of nitrogens with zero attached hydrogens (tertiary/aromatic N) is 5. The molecule has 10 heteroatoms. The summed E-state index contributed by atoms with van der Waals surface area (Å²) < 4.78 is 26.7. The molecule has 0 radical (unpaired) electrons. The van der Waals surface area contributed by atoms with Crippen LogP contribution >= 0.6 is 11.6 Å². The molecule has 30 heavy (non-hydrogen) atoms. The summed E-state index contributed by atoms with van der Waals surface area (Å²) in [5, 5.41) is 9.80. The summed E-state index contributed by atoms with van der Waals surface area (Å²) in [6.45, 7) is -0.795. The number of carbonyl (C=O) groups excluding carboxylic acids is 1. The van der Waals surface area contributed by atoms with E-state index >= 15 is 0 Å². The molecule has 0 aliphatic rings. The number of amides is 1. The monoisotopic (exact) mass is 428 g/mol. The van der Waals surface area contributed by atoms with Gasteiger partial charge in [-0.1, -0.05) is 11.6 Å². The molecule has 4 aromatic rings. The number of aromatic nitrogens is 5. The molecule has 0 spiro atoms. The lowest BCUT2D eigenvalue weighted by atomic mass is 10.2. The van der Waals surface area contributed by atoms with Crippen LogP contribution < -0.4 is 16.2 Å². The Hall–Kier alpha value is -3.59. The van der Waals surface area contributed by atoms with E-state index in [0.29, 0.717) is 22.4 Å². The van der Waals surface area contributed by atoms with E-state index in [1.54, 1.807) is 47.9 Å². The van der Waals surface area contributed by atoms with Crippen molar-refractivity contribution in [1.82, 2.24) is 29.2 Å². The highest BCUT2D eigenvalue weighted by molar-refractivity contribution is 6.29. The maximum absolute atomic E-state index is 13.4. The Morgan fingerprint density at radius 3 is 2.77 bits per heavy atom. The van der Waals surface area contributed by atoms with E-state index in [0.717, 1.165) is 5.69 Å². The number of hydrogen-bond donors (Lipinski definition) is 2. The molecular formula is C20H20ClN7O2. The lowest BCUT2D eigenvalue weighted by molar-refractivity contribution is 0.0963. The summed E-state index contributed by atoms with van der Waals surface area (Å²) >= 11 is 6.02. The van der Waals surface area contributed by atoms with Gasteiger partial charge in [0.15, 0.2) is 5.82 Å². The number of halogens is 1. The van der Waals surface area contributed by atoms with Gasteiger partial charge in [-0.15, -0.1) is 0 Å². The normalized spacial score (nSPS) is 13.0. The van der Waals surface area contributed by atoms with Crippen LogP contribution in [0, 0.1) is 6.92 Å². The van der Waals surface area contributed by atoms with E-state index in [-0.39, 0.29) is 22.0 Å². The van der Waals surface area contributed by atoms with Crippen LogP contribution in [0.5, 0.6) is 0 Å². The summed E-state index contributed by atoms with van der Waals surface area (Å²) in [5.74, 6) is -0.385. The Kier molecular flexibility index (Phi) is 3.97. The van der Waals surface area contributed by atoms with Gasteiger partial charge in [0.05, 0.1) is 27.8 Å². The van der Waals surface area contributed by atoms with Crippen molar-refractivity contribution in [3.05, 3.63) is 63.6 Å². The number of rotatable bonds is 4. The van der Waals surface area contributed by atoms with Crippen molar-refractivity contribution in [2.75, 3.05) is 12.3 Å². The predicted octanol–water partition coefficient (Wildman–Crippen LogP) is 2.52. The average Bonchev–Trinajstić information content (AvgIpc) is 3.20. The van der Waals surface area contributed by atoms with Crippen molar-refractivity contribution in [3.63, 3.8) is 0 Å². The van der Waals surface area contributed by atoms with E-state index in [1.165, 1.54) is 16.8 Å². The van der Waals surface area contributed by atoms with Crippen molar-refractivity contribution in [1.29, 1.82) is 0 Å². The summed E-state index contributed by atoms with van der Waals surface area (Å²) in [6.07, 6.45) is 4.51. The van der Waals surface area contributed by atoms with Crippen molar-refractivity contribution in [2.45, 2.75) is 6.92 Å². The van der Waals surface area contributed by atoms with E-state index < -0.39 is 12.9 Å². The van der Waals surface area contributed by atoms with Crippen molar-refractivity contribution in [2.24, 2.45) is 14.1 Å². The van der Waals surface area contributed by atoms with Gasteiger partial charge in [0.2, 0.25) is 0 Å². The number of anilines is 2. The Morgan fingerprint density at radius 1 is 1.27 bits per heavy atom. The molecule has 0 saturated heterocycles. The van der Waals surface area contributed by atoms with Crippen LogP contribution in [0.4, 0.5) is 11.4 Å². The second kappa shape index (κ2) is 7.34. The highest BCUT2D eigenvalue weighted by Gasteiger charge is 2.18. The van der Waals surface area contributed by atoms with E-state index in [9.17, 15) is 9.59 Å². The molecule has 0 aliphatic heterocycles. The van der Waals surface area contributed by atoms with Crippen molar-refractivity contribution >= 4 is 39.8 Å². The molecule has 2 N–H and O–H groups in total. The van der Waals surface area contributed by atoms with Crippen LogP contribution in [0.25, 0.3) is 16.7 Å². The fourth-order valence-electron chi connectivity index (χ4n) is 3.26. The van der Waals surface area contributed by atoms with Gasteiger partial charge in [-0.3, -0.25) is 18.8 Å². The van der Waals surface area contributed by atoms with Crippen LogP contribution in [-0.4, -0.2) is 36.8 Å². The van der Waals surface area contributed by atoms with Gasteiger partial charge in [-0.05, 0) is 19.1 Å². The first-order chi connectivity index (χ1) is 15.4. The minimum Gasteiger partial charge on any atom is -0.355 e. The van der Waals surface area contributed by atoms with Gasteiger partial charge in [0.25, 0.3) is 11.5 Å². The minimum absolute atomic E-state index is 0.0378. The number of aryl methyl sites for hydroxylation is 3. The summed E-state index contributed by atoms with van der Waals surface area (Å²) in [4.78, 5) is 29.8. The highest BCUT2D eigenvalue weighted by atomic mass is 35.5. The van der Waals surface area contributed by atoms with E-state index in [4.69, 9.17) is 15.7 Å². The fourth-order valence-corrected chi connectivity index (χ4v) is 3.42. The maximum atomic E-state index is 13.4. The Labute approximate surface area is 181 Å². The van der Waals surface area contributed by atoms with Crippen LogP contribution in [-0.2, 0) is 14.1 Å². The number of fused-ring (bicyclic) bond motifs is 1. The third-order valence-corrected chi connectivity index (χ3v) is 5.09. The molecule has 0 aliphatic carbocycles. The Bertz CT molecular complexity index is 1430. The summed E-state index contributed by atoms with van der Waals surface area (Å²) in [7, 11) is 3.57. The number of pyridine rings is 2. The zero-order valence-corrected chi connectivity index (χ0v) is 17.2. The molecule has 4 rings (SSSR count). The van der Waals surface area contributed by atoms with Gasteiger partial charge >= 0.3 is 0 Å². The van der Waals surface area contributed by atoms with E-state index in [1.807, 2.05) is 12.2 Å². The van der Waals surface area contributed by atoms with E-state index in [2.05, 4.69) is 15.4 Å². The molecule has 0 aromatic carbocycles. The number of nitrogens with one attached hydrogen (secondary N) is 2. The molecule has 4 aromatic heterocycles. The van der Waals surface area contributed by atoms with Crippen molar-refractivity contribution < 1.29 is 8.91 Å². The molecule has 154 valence electrons. The van der Waals surface area contributed by atoms with Crippen LogP contribution in [0.3, 0.4) is 0 Å². The molecule has 0 fully saturated rings. The van der Waals surface area contributed by atoms with Crippen LogP contribution in [0.1, 0.15) is 20.2 Å². The molecule has 9 nitrogen and oxygen atoms in total. The molecule has 4 heterocycles. The van der Waals surface area contributed by atoms with Gasteiger partial charge < -0.3 is 15.2 Å². The Balaban J connectivity index is 1.83. The molecule has 1 amide bonds. The molecular weight excluding hydrogens is 406 g/mol. The topological polar surface area (TPSA) is 98.8 Å². The average molecular weight is 429 g/mol.